The minimum absolute atomic E-state index is 0.145. The molecule has 1 fully saturated rings. The Morgan fingerprint density at radius 2 is 2.21 bits per heavy atom. The van der Waals surface area contributed by atoms with Crippen molar-refractivity contribution in [3.63, 3.8) is 0 Å². The second-order valence-corrected chi connectivity index (χ2v) is 8.55. The molecule has 0 saturated carbocycles. The maximum absolute atomic E-state index is 13.0. The Hall–Kier alpha value is -2.61. The van der Waals surface area contributed by atoms with Crippen LogP contribution < -0.4 is 5.56 Å². The van der Waals surface area contributed by atoms with Gasteiger partial charge in [0, 0.05) is 37.5 Å². The highest BCUT2D eigenvalue weighted by atomic mass is 32.2. The highest BCUT2D eigenvalue weighted by Gasteiger charge is 2.30. The molecule has 3 aromatic rings. The van der Waals surface area contributed by atoms with Crippen molar-refractivity contribution in [3.05, 3.63) is 51.7 Å². The van der Waals surface area contributed by atoms with Gasteiger partial charge in [0.25, 0.3) is 11.5 Å². The number of carbonyl (C=O) groups is 1. The Kier molecular flexibility index (Phi) is 4.23. The van der Waals surface area contributed by atoms with Gasteiger partial charge >= 0.3 is 0 Å². The van der Waals surface area contributed by atoms with Crippen molar-refractivity contribution in [3.8, 4) is 0 Å². The lowest BCUT2D eigenvalue weighted by atomic mass is 9.97. The van der Waals surface area contributed by atoms with Crippen molar-refractivity contribution in [1.29, 1.82) is 0 Å². The highest BCUT2D eigenvalue weighted by molar-refractivity contribution is 7.99. The molecule has 2 aliphatic heterocycles. The van der Waals surface area contributed by atoms with Gasteiger partial charge in [-0.05, 0) is 37.5 Å². The molecular formula is C20H21N5O2S. The third kappa shape index (κ3) is 2.92. The van der Waals surface area contributed by atoms with Crippen LogP contribution in [-0.4, -0.2) is 49.2 Å². The Balaban J connectivity index is 1.41. The molecule has 7 nitrogen and oxygen atoms in total. The topological polar surface area (TPSA) is 83.9 Å². The maximum Gasteiger partial charge on any atom is 0.267 e. The van der Waals surface area contributed by atoms with E-state index in [0.717, 1.165) is 35.5 Å². The van der Waals surface area contributed by atoms with Gasteiger partial charge in [-0.15, -0.1) is 0 Å². The molecule has 5 rings (SSSR count). The second-order valence-electron chi connectivity index (χ2n) is 7.49. The number of likely N-dealkylation sites (tertiary alicyclic amines) is 1. The van der Waals surface area contributed by atoms with Gasteiger partial charge in [-0.25, -0.2) is 9.97 Å². The first-order chi connectivity index (χ1) is 13.6. The van der Waals surface area contributed by atoms with E-state index in [9.17, 15) is 9.59 Å². The van der Waals surface area contributed by atoms with Gasteiger partial charge in [-0.3, -0.25) is 14.2 Å². The normalized spacial score (nSPS) is 19.2. The molecule has 1 unspecified atom stereocenters. The summed E-state index contributed by atoms with van der Waals surface area (Å²) in [6, 6.07) is 6.16. The van der Waals surface area contributed by atoms with Crippen molar-refractivity contribution in [2.45, 2.75) is 37.4 Å². The van der Waals surface area contributed by atoms with Gasteiger partial charge in [0.1, 0.15) is 11.4 Å². The van der Waals surface area contributed by atoms with Gasteiger partial charge in [0.15, 0.2) is 5.16 Å². The number of nitrogens with one attached hydrogen (secondary N) is 1. The first-order valence-corrected chi connectivity index (χ1v) is 10.6. The van der Waals surface area contributed by atoms with Crippen molar-refractivity contribution in [2.24, 2.45) is 0 Å². The summed E-state index contributed by atoms with van der Waals surface area (Å²) in [5, 5.41) is 0.704. The van der Waals surface area contributed by atoms with E-state index in [2.05, 4.69) is 29.0 Å². The summed E-state index contributed by atoms with van der Waals surface area (Å²) in [6.07, 6.45) is 3.31. The smallest absolute Gasteiger partial charge is 0.267 e. The standard InChI is InChI=1S/C20H21N5O2S/c1-12-4-5-15-16(9-12)23-17(22-15)13-3-2-6-24(11-13)18(26)14-10-21-20-25(19(14)27)7-8-28-20/h4-5,9-10,13H,2-3,6-8,11H2,1H3,(H,22,23). The number of rotatable bonds is 2. The average Bonchev–Trinajstić information content (AvgIpc) is 3.35. The SMILES string of the molecule is Cc1ccc2nc(C3CCCN(C(=O)c4cnc5n(c4=O)CCS5)C3)[nH]c2c1. The van der Waals surface area contributed by atoms with Crippen LogP contribution in [0, 0.1) is 6.92 Å². The molecule has 1 N–H and O–H groups in total. The van der Waals surface area contributed by atoms with E-state index < -0.39 is 0 Å². The lowest BCUT2D eigenvalue weighted by Crippen LogP contribution is -2.42. The number of nitrogens with zero attached hydrogens (tertiary/aromatic N) is 4. The van der Waals surface area contributed by atoms with E-state index in [-0.39, 0.29) is 22.9 Å². The Bertz CT molecular complexity index is 1140. The number of benzene rings is 1. The summed E-state index contributed by atoms with van der Waals surface area (Å²) in [4.78, 5) is 40.0. The number of piperidine rings is 1. The number of carbonyl (C=O) groups excluding carboxylic acids is 1. The molecule has 2 aromatic heterocycles. The lowest BCUT2D eigenvalue weighted by molar-refractivity contribution is 0.0701. The number of amides is 1. The molecule has 1 amide bonds. The van der Waals surface area contributed by atoms with Gasteiger partial charge in [-0.2, -0.15) is 0 Å². The van der Waals surface area contributed by atoms with Crippen LogP contribution in [0.4, 0.5) is 0 Å². The molecule has 0 radical (unpaired) electrons. The largest absolute Gasteiger partial charge is 0.342 e. The van der Waals surface area contributed by atoms with Crippen molar-refractivity contribution >= 4 is 28.7 Å². The number of hydrogen-bond acceptors (Lipinski definition) is 5. The zero-order valence-electron chi connectivity index (χ0n) is 15.6. The fraction of sp³-hybridized carbons (Fsp3) is 0.400. The third-order valence-corrected chi connectivity index (χ3v) is 6.51. The van der Waals surface area contributed by atoms with Crippen molar-refractivity contribution < 1.29 is 4.79 Å². The molecule has 1 aromatic carbocycles. The van der Waals surface area contributed by atoms with E-state index in [1.807, 2.05) is 6.07 Å². The summed E-state index contributed by atoms with van der Waals surface area (Å²) in [7, 11) is 0. The predicted octanol–water partition coefficient (Wildman–Crippen LogP) is 2.55. The zero-order chi connectivity index (χ0) is 19.3. The highest BCUT2D eigenvalue weighted by Crippen LogP contribution is 2.28. The van der Waals surface area contributed by atoms with Gasteiger partial charge in [0.2, 0.25) is 0 Å². The fourth-order valence-corrected chi connectivity index (χ4v) is 4.97. The van der Waals surface area contributed by atoms with Crippen LogP contribution in [0.2, 0.25) is 0 Å². The van der Waals surface area contributed by atoms with E-state index >= 15 is 0 Å². The molecule has 28 heavy (non-hydrogen) atoms. The Labute approximate surface area is 166 Å². The van der Waals surface area contributed by atoms with Crippen LogP contribution in [0.15, 0.2) is 34.3 Å². The third-order valence-electron chi connectivity index (χ3n) is 5.54. The quantitative estimate of drug-likeness (QED) is 0.674. The molecule has 0 aliphatic carbocycles. The molecule has 0 spiro atoms. The summed E-state index contributed by atoms with van der Waals surface area (Å²) < 4.78 is 1.61. The van der Waals surface area contributed by atoms with E-state index in [0.29, 0.717) is 24.8 Å². The maximum atomic E-state index is 13.0. The van der Waals surface area contributed by atoms with Gasteiger partial charge in [0.05, 0.1) is 11.0 Å². The number of aromatic amines is 1. The summed E-state index contributed by atoms with van der Waals surface area (Å²) >= 11 is 1.55. The number of fused-ring (bicyclic) bond motifs is 2. The number of H-pyrrole nitrogens is 1. The molecule has 8 heteroatoms. The number of imidazole rings is 1. The first-order valence-electron chi connectivity index (χ1n) is 9.58. The van der Waals surface area contributed by atoms with Crippen LogP contribution in [-0.2, 0) is 6.54 Å². The van der Waals surface area contributed by atoms with Gasteiger partial charge in [-0.1, -0.05) is 17.8 Å². The van der Waals surface area contributed by atoms with E-state index in [1.165, 1.54) is 11.8 Å². The van der Waals surface area contributed by atoms with Crippen molar-refractivity contribution in [2.75, 3.05) is 18.8 Å². The fourth-order valence-electron chi connectivity index (χ4n) is 4.06. The molecule has 1 saturated heterocycles. The molecule has 2 aliphatic rings. The average molecular weight is 395 g/mol. The number of aryl methyl sites for hydroxylation is 1. The van der Waals surface area contributed by atoms with Crippen LogP contribution in [0.5, 0.6) is 0 Å². The Morgan fingerprint density at radius 1 is 1.32 bits per heavy atom. The lowest BCUT2D eigenvalue weighted by Gasteiger charge is -2.31. The first kappa shape index (κ1) is 17.5. The van der Waals surface area contributed by atoms with E-state index in [4.69, 9.17) is 4.98 Å². The second kappa shape index (κ2) is 6.77. The molecular weight excluding hydrogens is 374 g/mol. The van der Waals surface area contributed by atoms with Crippen LogP contribution in [0.25, 0.3) is 11.0 Å². The molecule has 4 heterocycles. The number of thioether (sulfide) groups is 1. The number of hydrogen-bond donors (Lipinski definition) is 1. The summed E-state index contributed by atoms with van der Waals surface area (Å²) in [5.41, 5.74) is 3.11. The van der Waals surface area contributed by atoms with Crippen molar-refractivity contribution in [1.82, 2.24) is 24.4 Å². The molecule has 1 atom stereocenters. The van der Waals surface area contributed by atoms with Crippen LogP contribution >= 0.6 is 11.8 Å². The molecule has 144 valence electrons. The summed E-state index contributed by atoms with van der Waals surface area (Å²) in [5.74, 6) is 1.67. The predicted molar refractivity (Wildman–Crippen MR) is 108 cm³/mol. The zero-order valence-corrected chi connectivity index (χ0v) is 16.5. The van der Waals surface area contributed by atoms with Crippen LogP contribution in [0.1, 0.15) is 40.5 Å². The molecule has 0 bridgehead atoms. The van der Waals surface area contributed by atoms with E-state index in [1.54, 1.807) is 21.2 Å². The minimum atomic E-state index is -0.221. The monoisotopic (exact) mass is 395 g/mol. The Morgan fingerprint density at radius 3 is 3.11 bits per heavy atom. The number of aromatic nitrogens is 4. The minimum Gasteiger partial charge on any atom is -0.342 e. The summed E-state index contributed by atoms with van der Waals surface area (Å²) in [6.45, 7) is 3.90. The van der Waals surface area contributed by atoms with Gasteiger partial charge < -0.3 is 9.88 Å². The van der Waals surface area contributed by atoms with Crippen LogP contribution in [0.3, 0.4) is 0 Å².